The molecule has 44 heavy (non-hydrogen) atoms. The van der Waals surface area contributed by atoms with Crippen molar-refractivity contribution in [2.45, 2.75) is 130 Å². The minimum atomic E-state index is -4.29. The summed E-state index contributed by atoms with van der Waals surface area (Å²) in [5.41, 5.74) is 0. The predicted octanol–water partition coefficient (Wildman–Crippen LogP) is 9.66. The van der Waals surface area contributed by atoms with Crippen LogP contribution in [0.2, 0.25) is 0 Å². The number of phosphoric acid groups is 1. The molecule has 0 aliphatic heterocycles. The fourth-order valence-electron chi connectivity index (χ4n) is 3.92. The van der Waals surface area contributed by atoms with Crippen molar-refractivity contribution in [1.82, 2.24) is 0 Å². The third-order valence-electron chi connectivity index (χ3n) is 6.32. The molecule has 8 nitrogen and oxygen atoms in total. The molecule has 0 heterocycles. The zero-order valence-electron chi connectivity index (χ0n) is 27.5. The van der Waals surface area contributed by atoms with Gasteiger partial charge in [0.05, 0.1) is 13.2 Å². The van der Waals surface area contributed by atoms with Gasteiger partial charge in [0.25, 0.3) is 0 Å². The summed E-state index contributed by atoms with van der Waals surface area (Å²) in [7, 11) is -4.29. The first-order valence-electron chi connectivity index (χ1n) is 16.6. The number of hydrogen-bond donors (Lipinski definition) is 1. The second-order valence-electron chi connectivity index (χ2n) is 10.4. The third kappa shape index (κ3) is 29.8. The summed E-state index contributed by atoms with van der Waals surface area (Å²) < 4.78 is 32.3. The molecular formula is C35H59O8P. The molecule has 0 fully saturated rings. The molecule has 0 radical (unpaired) electrons. The van der Waals surface area contributed by atoms with Crippen LogP contribution in [0.3, 0.4) is 0 Å². The molecule has 0 aromatic heterocycles. The van der Waals surface area contributed by atoms with Crippen LogP contribution in [0.25, 0.3) is 0 Å². The number of ether oxygens (including phenoxy) is 2. The molecule has 0 rings (SSSR count). The summed E-state index contributed by atoms with van der Waals surface area (Å²) in [5.74, 6) is -0.914. The lowest BCUT2D eigenvalue weighted by molar-refractivity contribution is -0.161. The molecule has 0 bridgehead atoms. The van der Waals surface area contributed by atoms with Crippen molar-refractivity contribution in [3.8, 4) is 0 Å². The van der Waals surface area contributed by atoms with Crippen molar-refractivity contribution in [1.29, 1.82) is 0 Å². The molecule has 0 aliphatic rings. The highest BCUT2D eigenvalue weighted by Gasteiger charge is 2.25. The molecule has 0 saturated carbocycles. The third-order valence-corrected chi connectivity index (χ3v) is 7.38. The molecule has 0 aliphatic carbocycles. The number of carbonyl (C=O) groups excluding carboxylic acids is 2. The number of rotatable bonds is 29. The first-order chi connectivity index (χ1) is 21.3. The van der Waals surface area contributed by atoms with Gasteiger partial charge in [-0.25, -0.2) is 4.57 Å². The molecule has 9 heteroatoms. The molecule has 252 valence electrons. The highest BCUT2D eigenvalue weighted by molar-refractivity contribution is 7.47. The average molecular weight is 639 g/mol. The number of phosphoric ester groups is 1. The Morgan fingerprint density at radius 1 is 0.636 bits per heavy atom. The van der Waals surface area contributed by atoms with E-state index >= 15 is 0 Å². The topological polar surface area (TPSA) is 108 Å². The van der Waals surface area contributed by atoms with E-state index in [-0.39, 0.29) is 26.1 Å². The largest absolute Gasteiger partial charge is 0.472 e. The predicted molar refractivity (Wildman–Crippen MR) is 179 cm³/mol. The molecule has 0 amide bonds. The molecule has 0 aromatic carbocycles. The van der Waals surface area contributed by atoms with E-state index in [0.29, 0.717) is 6.42 Å². The van der Waals surface area contributed by atoms with Crippen LogP contribution in [0, 0.1) is 0 Å². The van der Waals surface area contributed by atoms with Crippen LogP contribution >= 0.6 is 7.82 Å². The van der Waals surface area contributed by atoms with Gasteiger partial charge in [0, 0.05) is 12.8 Å². The summed E-state index contributed by atoms with van der Waals surface area (Å²) in [5, 5.41) is 0. The van der Waals surface area contributed by atoms with Crippen molar-refractivity contribution < 1.29 is 37.6 Å². The van der Waals surface area contributed by atoms with Crippen molar-refractivity contribution in [3.63, 3.8) is 0 Å². The SMILES string of the molecule is CC/C=C\C/C=C\C/C=C\C/C=C\CCC(=O)OC(COC(=O)CCCCCCC/C=C\CCCC)COP(=O)(O)OCC. The van der Waals surface area contributed by atoms with E-state index in [1.54, 1.807) is 6.92 Å². The normalized spacial score (nSPS) is 14.4. The molecule has 2 atom stereocenters. The summed E-state index contributed by atoms with van der Waals surface area (Å²) in [6.45, 7) is 5.17. The second-order valence-corrected chi connectivity index (χ2v) is 11.9. The standard InChI is InChI=1S/C35H59O8P/c1-4-7-9-11-13-15-17-18-20-22-24-26-28-30-35(37)43-33(32-42-44(38,39)41-6-3)31-40-34(36)29-27-25-23-21-19-16-14-12-10-8-5-2/h7,9,12-15,18,20,24,26,33H,4-6,8,10-11,16-17,19,21-23,25,27-32H2,1-3H3,(H,38,39)/b9-7-,14-12-,15-13-,20-18-,26-24-. The number of allylic oxidation sites excluding steroid dienone is 10. The molecular weight excluding hydrogens is 579 g/mol. The first-order valence-corrected chi connectivity index (χ1v) is 18.1. The van der Waals surface area contributed by atoms with Gasteiger partial charge in [-0.15, -0.1) is 0 Å². The van der Waals surface area contributed by atoms with Gasteiger partial charge in [-0.3, -0.25) is 18.6 Å². The Morgan fingerprint density at radius 3 is 1.84 bits per heavy atom. The van der Waals surface area contributed by atoms with Gasteiger partial charge in [0.15, 0.2) is 6.10 Å². The zero-order chi connectivity index (χ0) is 32.6. The van der Waals surface area contributed by atoms with E-state index in [9.17, 15) is 19.0 Å². The van der Waals surface area contributed by atoms with Crippen molar-refractivity contribution in [3.05, 3.63) is 60.8 Å². The molecule has 2 unspecified atom stereocenters. The fourth-order valence-corrected chi connectivity index (χ4v) is 4.67. The van der Waals surface area contributed by atoms with Gasteiger partial charge in [-0.1, -0.05) is 107 Å². The van der Waals surface area contributed by atoms with Gasteiger partial charge in [-0.05, 0) is 64.7 Å². The fraction of sp³-hybridized carbons (Fsp3) is 0.657. The van der Waals surface area contributed by atoms with Crippen LogP contribution in [0.5, 0.6) is 0 Å². The highest BCUT2D eigenvalue weighted by atomic mass is 31.2. The van der Waals surface area contributed by atoms with Gasteiger partial charge in [0.2, 0.25) is 0 Å². The van der Waals surface area contributed by atoms with E-state index in [0.717, 1.165) is 70.6 Å². The van der Waals surface area contributed by atoms with E-state index in [2.05, 4.69) is 62.5 Å². The Labute approximate surface area is 267 Å². The number of esters is 2. The van der Waals surface area contributed by atoms with E-state index in [4.69, 9.17) is 18.5 Å². The second kappa shape index (κ2) is 30.8. The number of hydrogen-bond acceptors (Lipinski definition) is 7. The van der Waals surface area contributed by atoms with Crippen LogP contribution in [0.1, 0.15) is 124 Å². The van der Waals surface area contributed by atoms with Crippen molar-refractivity contribution in [2.75, 3.05) is 19.8 Å². The Balaban J connectivity index is 4.38. The van der Waals surface area contributed by atoms with Gasteiger partial charge in [0.1, 0.15) is 6.61 Å². The Morgan fingerprint density at radius 2 is 1.20 bits per heavy atom. The highest BCUT2D eigenvalue weighted by Crippen LogP contribution is 2.43. The average Bonchev–Trinajstić information content (AvgIpc) is 2.99. The molecule has 0 aromatic rings. The minimum Gasteiger partial charge on any atom is -0.462 e. The summed E-state index contributed by atoms with van der Waals surface area (Å²) in [6.07, 6.45) is 34.4. The minimum absolute atomic E-state index is 0.0161. The van der Waals surface area contributed by atoms with Crippen LogP contribution in [-0.2, 0) is 32.7 Å². The molecule has 0 saturated heterocycles. The van der Waals surface area contributed by atoms with E-state index in [1.165, 1.54) is 12.8 Å². The zero-order valence-corrected chi connectivity index (χ0v) is 28.4. The lowest BCUT2D eigenvalue weighted by atomic mass is 10.1. The maximum absolute atomic E-state index is 12.4. The number of unbranched alkanes of at least 4 members (excludes halogenated alkanes) is 7. The van der Waals surface area contributed by atoms with Crippen LogP contribution in [0.15, 0.2) is 60.8 Å². The van der Waals surface area contributed by atoms with Gasteiger partial charge < -0.3 is 14.4 Å². The van der Waals surface area contributed by atoms with Crippen molar-refractivity contribution in [2.24, 2.45) is 0 Å². The smallest absolute Gasteiger partial charge is 0.462 e. The first kappa shape index (κ1) is 41.8. The lowest BCUT2D eigenvalue weighted by Gasteiger charge is -2.19. The molecule has 0 spiro atoms. The van der Waals surface area contributed by atoms with E-state index < -0.39 is 32.5 Å². The lowest BCUT2D eigenvalue weighted by Crippen LogP contribution is -2.29. The van der Waals surface area contributed by atoms with Crippen LogP contribution in [0.4, 0.5) is 0 Å². The Kier molecular flexibility index (Phi) is 29.2. The summed E-state index contributed by atoms with van der Waals surface area (Å²) >= 11 is 0. The Hall–Kier alpha value is -2.25. The monoisotopic (exact) mass is 638 g/mol. The molecule has 1 N–H and O–H groups in total. The van der Waals surface area contributed by atoms with E-state index in [1.807, 2.05) is 12.2 Å². The van der Waals surface area contributed by atoms with Crippen molar-refractivity contribution >= 4 is 19.8 Å². The van der Waals surface area contributed by atoms with Crippen LogP contribution < -0.4 is 0 Å². The Bertz CT molecular complexity index is 906. The van der Waals surface area contributed by atoms with Crippen LogP contribution in [-0.4, -0.2) is 42.8 Å². The van der Waals surface area contributed by atoms with Gasteiger partial charge in [-0.2, -0.15) is 0 Å². The summed E-state index contributed by atoms with van der Waals surface area (Å²) in [6, 6.07) is 0. The maximum atomic E-state index is 12.4. The van der Waals surface area contributed by atoms with Gasteiger partial charge >= 0.3 is 19.8 Å². The quantitative estimate of drug-likeness (QED) is 0.0373. The number of carbonyl (C=O) groups is 2. The maximum Gasteiger partial charge on any atom is 0.472 e. The summed E-state index contributed by atoms with van der Waals surface area (Å²) in [4.78, 5) is 34.4.